The molecule has 3 aliphatic rings. The molecule has 2 N–H and O–H groups in total. The number of amides is 2. The zero-order valence-corrected chi connectivity index (χ0v) is 29.1. The summed E-state index contributed by atoms with van der Waals surface area (Å²) in [6, 6.07) is 20.7. The number of ether oxygens (including phenoxy) is 3. The number of para-hydroxylation sites is 2. The van der Waals surface area contributed by atoms with Crippen molar-refractivity contribution in [1.82, 2.24) is 15.0 Å². The van der Waals surface area contributed by atoms with Crippen LogP contribution >= 0.6 is 0 Å². The number of fused-ring (bicyclic) bond motifs is 3. The van der Waals surface area contributed by atoms with E-state index in [0.717, 1.165) is 16.8 Å². The molecule has 12 nitrogen and oxygen atoms in total. The molecule has 1 spiro atoms. The molecule has 4 atom stereocenters. The maximum absolute atomic E-state index is 14.8. The Labute approximate surface area is 285 Å². The van der Waals surface area contributed by atoms with Crippen molar-refractivity contribution in [3.63, 3.8) is 0 Å². The molecule has 1 saturated heterocycles. The number of aromatic nitrogens is 3. The lowest BCUT2D eigenvalue weighted by Crippen LogP contribution is -2.46. The van der Waals surface area contributed by atoms with E-state index >= 15 is 0 Å². The smallest absolute Gasteiger partial charge is 0.269 e. The molecule has 0 bridgehead atoms. The van der Waals surface area contributed by atoms with Crippen molar-refractivity contribution in [3.05, 3.63) is 89.7 Å². The number of benzene rings is 3. The number of aryl methyl sites for hydroxylation is 1. The Hall–Kier alpha value is -4.56. The fraction of sp³-hybridized carbons (Fsp3) is 0.389. The van der Waals surface area contributed by atoms with Gasteiger partial charge in [-0.2, -0.15) is 0 Å². The molecule has 256 valence electrons. The van der Waals surface area contributed by atoms with E-state index in [9.17, 15) is 19.5 Å². The summed E-state index contributed by atoms with van der Waals surface area (Å²) >= 11 is 0. The average molecular weight is 684 g/mol. The highest BCUT2D eigenvalue weighted by atomic mass is 28.4. The van der Waals surface area contributed by atoms with Crippen LogP contribution in [0, 0.1) is 5.92 Å². The number of rotatable bonds is 10. The van der Waals surface area contributed by atoms with E-state index in [2.05, 4.69) is 10.3 Å². The summed E-state index contributed by atoms with van der Waals surface area (Å²) in [6.45, 7) is 6.54. The molecule has 0 radical (unpaired) electrons. The second kappa shape index (κ2) is 12.7. The van der Waals surface area contributed by atoms with Crippen LogP contribution in [0.1, 0.15) is 30.2 Å². The number of carbonyl (C=O) groups excluding carboxylic acids is 2. The quantitative estimate of drug-likeness (QED) is 0.234. The van der Waals surface area contributed by atoms with Crippen molar-refractivity contribution in [3.8, 4) is 11.5 Å². The Balaban J connectivity index is 1.19. The molecule has 13 heteroatoms. The van der Waals surface area contributed by atoms with Crippen LogP contribution in [-0.2, 0) is 39.4 Å². The second-order valence-electron chi connectivity index (χ2n) is 13.5. The number of hydrogen-bond acceptors (Lipinski definition) is 9. The van der Waals surface area contributed by atoms with Crippen LogP contribution in [-0.4, -0.2) is 71.5 Å². The molecule has 0 aliphatic carbocycles. The van der Waals surface area contributed by atoms with Crippen LogP contribution in [0.5, 0.6) is 11.5 Å². The Morgan fingerprint density at radius 3 is 2.57 bits per heavy atom. The normalized spacial score (nSPS) is 23.2. The zero-order chi connectivity index (χ0) is 34.5. The van der Waals surface area contributed by atoms with Gasteiger partial charge in [0, 0.05) is 48.5 Å². The standard InChI is InChI=1S/C36H41N5O7Si/c1-23-34(49(3,4)45)32(15-17-39-21-25(16-18-42)37-38-39)48-36(23)28-19-27(46-2)13-14-29(28)40(35(36)44)20-24-9-11-26(12-10-24)41-30-7-5-6-8-31(30)47-22-33(41)43/h5-14,19,21,23,32,34,42,45H,15-18,20,22H2,1-4H3/t23-,32+,34-,36+/m0/s1. The molecular formula is C36H41N5O7Si. The Morgan fingerprint density at radius 1 is 1.06 bits per heavy atom. The first-order chi connectivity index (χ1) is 23.5. The third-order valence-corrected chi connectivity index (χ3v) is 12.5. The Bertz CT molecular complexity index is 1880. The van der Waals surface area contributed by atoms with Crippen LogP contribution in [0.15, 0.2) is 72.9 Å². The van der Waals surface area contributed by atoms with E-state index in [1.807, 2.05) is 92.9 Å². The van der Waals surface area contributed by atoms with Crippen LogP contribution in [0.2, 0.25) is 18.6 Å². The summed E-state index contributed by atoms with van der Waals surface area (Å²) in [6.07, 6.45) is 2.34. The molecule has 0 saturated carbocycles. The molecule has 4 heterocycles. The van der Waals surface area contributed by atoms with Crippen LogP contribution in [0.4, 0.5) is 17.1 Å². The van der Waals surface area contributed by atoms with Crippen molar-refractivity contribution in [2.24, 2.45) is 5.92 Å². The summed E-state index contributed by atoms with van der Waals surface area (Å²) in [4.78, 5) is 42.8. The highest BCUT2D eigenvalue weighted by Gasteiger charge is 2.66. The van der Waals surface area contributed by atoms with Crippen molar-refractivity contribution in [2.75, 3.05) is 30.1 Å². The molecule has 2 amide bonds. The molecule has 49 heavy (non-hydrogen) atoms. The van der Waals surface area contributed by atoms with Crippen molar-refractivity contribution < 1.29 is 33.7 Å². The largest absolute Gasteiger partial charge is 0.497 e. The number of methoxy groups -OCH3 is 1. The maximum Gasteiger partial charge on any atom is 0.269 e. The van der Waals surface area contributed by atoms with Gasteiger partial charge in [-0.1, -0.05) is 36.4 Å². The van der Waals surface area contributed by atoms with E-state index in [1.165, 1.54) is 0 Å². The average Bonchev–Trinajstić information content (AvgIpc) is 3.73. The molecule has 3 aromatic carbocycles. The van der Waals surface area contributed by atoms with Gasteiger partial charge in [-0.15, -0.1) is 5.10 Å². The Morgan fingerprint density at radius 2 is 1.84 bits per heavy atom. The molecule has 1 aromatic heterocycles. The van der Waals surface area contributed by atoms with Crippen molar-refractivity contribution in [1.29, 1.82) is 0 Å². The second-order valence-corrected chi connectivity index (χ2v) is 17.5. The van der Waals surface area contributed by atoms with Crippen molar-refractivity contribution >= 4 is 37.2 Å². The lowest BCUT2D eigenvalue weighted by molar-refractivity contribution is -0.146. The van der Waals surface area contributed by atoms with Gasteiger partial charge in [0.15, 0.2) is 20.5 Å². The highest BCUT2D eigenvalue weighted by molar-refractivity contribution is 6.71. The summed E-state index contributed by atoms with van der Waals surface area (Å²) in [7, 11) is -1.26. The number of nitrogens with zero attached hydrogens (tertiary/aromatic N) is 5. The van der Waals surface area contributed by atoms with E-state index in [0.29, 0.717) is 48.0 Å². The van der Waals surface area contributed by atoms with Gasteiger partial charge in [0.25, 0.3) is 11.8 Å². The molecule has 1 fully saturated rings. The van der Waals surface area contributed by atoms with Gasteiger partial charge >= 0.3 is 0 Å². The predicted octanol–water partition coefficient (Wildman–Crippen LogP) is 4.31. The molecule has 3 aliphatic heterocycles. The number of anilines is 3. The third-order valence-electron chi connectivity index (χ3n) is 10.0. The van der Waals surface area contributed by atoms with Crippen LogP contribution in [0.3, 0.4) is 0 Å². The summed E-state index contributed by atoms with van der Waals surface area (Å²) in [5.41, 5.74) is 2.88. The van der Waals surface area contributed by atoms with E-state index in [-0.39, 0.29) is 43.0 Å². The summed E-state index contributed by atoms with van der Waals surface area (Å²) in [5, 5.41) is 17.6. The van der Waals surface area contributed by atoms with Crippen LogP contribution in [0.25, 0.3) is 0 Å². The molecular weight excluding hydrogens is 643 g/mol. The van der Waals surface area contributed by atoms with E-state index in [4.69, 9.17) is 14.2 Å². The molecule has 4 aromatic rings. The van der Waals surface area contributed by atoms with Gasteiger partial charge in [-0.25, -0.2) is 0 Å². The third kappa shape index (κ3) is 5.70. The number of aliphatic hydroxyl groups excluding tert-OH is 1. The SMILES string of the molecule is COc1ccc2c(c1)[C@@]1(O[C@H](CCn3cc(CCO)nn3)[C@@H]([Si](C)(C)O)[C@@H]1C)C(=O)N2Cc1ccc(N2C(=O)COc3ccccc32)cc1. The minimum absolute atomic E-state index is 0.00938. The summed E-state index contributed by atoms with van der Waals surface area (Å²) in [5.74, 6) is 0.592. The molecule has 0 unspecified atom stereocenters. The van der Waals surface area contributed by atoms with Gasteiger partial charge in [-0.3, -0.25) is 19.2 Å². The highest BCUT2D eigenvalue weighted by Crippen LogP contribution is 2.60. The topological polar surface area (TPSA) is 139 Å². The van der Waals surface area contributed by atoms with E-state index < -0.39 is 20.0 Å². The minimum Gasteiger partial charge on any atom is -0.497 e. The van der Waals surface area contributed by atoms with Gasteiger partial charge < -0.3 is 29.0 Å². The number of aliphatic hydroxyl groups is 1. The van der Waals surface area contributed by atoms with Gasteiger partial charge in [-0.05, 0) is 67.5 Å². The minimum atomic E-state index is -2.86. The van der Waals surface area contributed by atoms with Crippen molar-refractivity contribution in [2.45, 2.75) is 63.2 Å². The van der Waals surface area contributed by atoms with Gasteiger partial charge in [0.2, 0.25) is 0 Å². The Kier molecular flexibility index (Phi) is 8.55. The zero-order valence-electron chi connectivity index (χ0n) is 28.1. The van der Waals surface area contributed by atoms with E-state index in [1.54, 1.807) is 21.6 Å². The predicted molar refractivity (Wildman–Crippen MR) is 184 cm³/mol. The fourth-order valence-corrected chi connectivity index (χ4v) is 10.5. The lowest BCUT2D eigenvalue weighted by atomic mass is 9.82. The summed E-state index contributed by atoms with van der Waals surface area (Å²) < 4.78 is 19.9. The first-order valence-electron chi connectivity index (χ1n) is 16.6. The number of carbonyl (C=O) groups is 2. The molecule has 7 rings (SSSR count). The number of hydrogen-bond donors (Lipinski definition) is 2. The van der Waals surface area contributed by atoms with Gasteiger partial charge in [0.1, 0.15) is 11.5 Å². The lowest BCUT2D eigenvalue weighted by Gasteiger charge is -2.32. The maximum atomic E-state index is 14.8. The van der Waals surface area contributed by atoms with Gasteiger partial charge in [0.05, 0.1) is 36.8 Å². The first-order valence-corrected chi connectivity index (χ1v) is 19.6. The first kappa shape index (κ1) is 33.0. The van der Waals surface area contributed by atoms with Crippen LogP contribution < -0.4 is 19.3 Å². The fourth-order valence-electron chi connectivity index (χ4n) is 7.87. The monoisotopic (exact) mass is 683 g/mol.